The van der Waals surface area contributed by atoms with Gasteiger partial charge >= 0.3 is 0 Å². The van der Waals surface area contributed by atoms with Crippen LogP contribution in [0.2, 0.25) is 0 Å². The van der Waals surface area contributed by atoms with E-state index in [0.29, 0.717) is 6.42 Å². The minimum Gasteiger partial charge on any atom is -0.496 e. The Bertz CT molecular complexity index is 386. The van der Waals surface area contributed by atoms with Crippen molar-refractivity contribution in [2.24, 2.45) is 10.9 Å². The van der Waals surface area contributed by atoms with Gasteiger partial charge in [-0.15, -0.1) is 0 Å². The summed E-state index contributed by atoms with van der Waals surface area (Å²) >= 11 is 0. The van der Waals surface area contributed by atoms with Crippen LogP contribution in [0.4, 0.5) is 0 Å². The summed E-state index contributed by atoms with van der Waals surface area (Å²) in [6.45, 7) is 4.01. The minimum absolute atomic E-state index is 0.177. The fourth-order valence-corrected chi connectivity index (χ4v) is 1.50. The number of nitrogens with two attached hydrogens (primary N) is 1. The summed E-state index contributed by atoms with van der Waals surface area (Å²) in [5, 5.41) is 11.5. The molecule has 0 aromatic heterocycles. The number of methoxy groups -OCH3 is 1. The molecule has 0 fully saturated rings. The maximum Gasteiger partial charge on any atom is 0.143 e. The van der Waals surface area contributed by atoms with E-state index >= 15 is 0 Å². The Morgan fingerprint density at radius 2 is 2.13 bits per heavy atom. The van der Waals surface area contributed by atoms with Crippen molar-refractivity contribution in [1.29, 1.82) is 0 Å². The smallest absolute Gasteiger partial charge is 0.143 e. The van der Waals surface area contributed by atoms with Crippen LogP contribution in [0.25, 0.3) is 0 Å². The van der Waals surface area contributed by atoms with Crippen molar-refractivity contribution in [3.8, 4) is 5.75 Å². The van der Waals surface area contributed by atoms with Crippen molar-refractivity contribution < 1.29 is 9.94 Å². The SMILES string of the molecule is COc1c(C/C(N)=N/O)ccc(C)c1C. The molecule has 0 amide bonds. The fourth-order valence-electron chi connectivity index (χ4n) is 1.50. The van der Waals surface area contributed by atoms with E-state index in [0.717, 1.165) is 22.4 Å². The van der Waals surface area contributed by atoms with Crippen LogP contribution in [0, 0.1) is 13.8 Å². The largest absolute Gasteiger partial charge is 0.496 e. The van der Waals surface area contributed by atoms with E-state index in [2.05, 4.69) is 5.16 Å². The van der Waals surface area contributed by atoms with Gasteiger partial charge in [0.1, 0.15) is 11.6 Å². The molecule has 0 saturated heterocycles. The highest BCUT2D eigenvalue weighted by molar-refractivity contribution is 5.82. The van der Waals surface area contributed by atoms with Crippen LogP contribution in [0.1, 0.15) is 16.7 Å². The van der Waals surface area contributed by atoms with Crippen molar-refractivity contribution in [2.75, 3.05) is 7.11 Å². The average molecular weight is 208 g/mol. The van der Waals surface area contributed by atoms with Crippen LogP contribution in [-0.4, -0.2) is 18.2 Å². The molecule has 1 aromatic rings. The second-order valence-electron chi connectivity index (χ2n) is 3.47. The number of aryl methyl sites for hydroxylation is 1. The third kappa shape index (κ3) is 2.40. The van der Waals surface area contributed by atoms with Crippen LogP contribution in [-0.2, 0) is 6.42 Å². The quantitative estimate of drug-likeness (QED) is 0.343. The first kappa shape index (κ1) is 11.4. The summed E-state index contributed by atoms with van der Waals surface area (Å²) in [6.07, 6.45) is 0.390. The van der Waals surface area contributed by atoms with E-state index in [4.69, 9.17) is 15.7 Å². The first-order valence-electron chi connectivity index (χ1n) is 4.69. The molecule has 4 heteroatoms. The maximum absolute atomic E-state index is 8.51. The molecule has 4 nitrogen and oxygen atoms in total. The van der Waals surface area contributed by atoms with Gasteiger partial charge < -0.3 is 15.7 Å². The molecule has 1 rings (SSSR count). The van der Waals surface area contributed by atoms with Crippen LogP contribution in [0.5, 0.6) is 5.75 Å². The molecule has 0 saturated carbocycles. The Morgan fingerprint density at radius 3 is 2.67 bits per heavy atom. The van der Waals surface area contributed by atoms with E-state index in [-0.39, 0.29) is 5.84 Å². The van der Waals surface area contributed by atoms with Gasteiger partial charge in [0.25, 0.3) is 0 Å². The third-order valence-corrected chi connectivity index (χ3v) is 2.46. The van der Waals surface area contributed by atoms with Crippen molar-refractivity contribution in [3.05, 3.63) is 28.8 Å². The molecule has 15 heavy (non-hydrogen) atoms. The van der Waals surface area contributed by atoms with Gasteiger partial charge in [-0.05, 0) is 25.0 Å². The average Bonchev–Trinajstić information content (AvgIpc) is 2.24. The highest BCUT2D eigenvalue weighted by Gasteiger charge is 2.09. The Hall–Kier alpha value is -1.71. The second-order valence-corrected chi connectivity index (χ2v) is 3.47. The third-order valence-electron chi connectivity index (χ3n) is 2.46. The monoisotopic (exact) mass is 208 g/mol. The first-order chi connectivity index (χ1) is 7.10. The lowest BCUT2D eigenvalue weighted by molar-refractivity contribution is 0.317. The molecule has 0 aliphatic carbocycles. The Kier molecular flexibility index (Phi) is 3.55. The molecule has 1 aromatic carbocycles. The molecule has 0 aliphatic heterocycles. The summed E-state index contributed by atoms with van der Waals surface area (Å²) < 4.78 is 5.31. The summed E-state index contributed by atoms with van der Waals surface area (Å²) in [4.78, 5) is 0. The number of rotatable bonds is 3. The zero-order valence-electron chi connectivity index (χ0n) is 9.24. The molecule has 0 spiro atoms. The van der Waals surface area contributed by atoms with Crippen molar-refractivity contribution in [2.45, 2.75) is 20.3 Å². The van der Waals surface area contributed by atoms with Gasteiger partial charge in [0.05, 0.1) is 7.11 Å². The minimum atomic E-state index is 0.177. The van der Waals surface area contributed by atoms with E-state index in [1.165, 1.54) is 0 Å². The molecule has 0 atom stereocenters. The Morgan fingerprint density at radius 1 is 1.47 bits per heavy atom. The number of nitrogens with zero attached hydrogens (tertiary/aromatic N) is 1. The van der Waals surface area contributed by atoms with Crippen molar-refractivity contribution in [1.82, 2.24) is 0 Å². The van der Waals surface area contributed by atoms with Gasteiger partial charge in [0.2, 0.25) is 0 Å². The lowest BCUT2D eigenvalue weighted by Gasteiger charge is -2.12. The number of benzene rings is 1. The van der Waals surface area contributed by atoms with Crippen LogP contribution in [0.3, 0.4) is 0 Å². The van der Waals surface area contributed by atoms with Crippen molar-refractivity contribution >= 4 is 5.84 Å². The molecule has 0 heterocycles. The van der Waals surface area contributed by atoms with Gasteiger partial charge in [-0.1, -0.05) is 17.3 Å². The highest BCUT2D eigenvalue weighted by Crippen LogP contribution is 2.26. The molecule has 0 bridgehead atoms. The highest BCUT2D eigenvalue weighted by atomic mass is 16.5. The number of ether oxygens (including phenoxy) is 1. The number of hydrogen-bond donors (Lipinski definition) is 2. The molecule has 0 aliphatic rings. The Balaban J connectivity index is 3.13. The lowest BCUT2D eigenvalue weighted by atomic mass is 10.0. The fraction of sp³-hybridized carbons (Fsp3) is 0.364. The van der Waals surface area contributed by atoms with Crippen molar-refractivity contribution in [3.63, 3.8) is 0 Å². The summed E-state index contributed by atoms with van der Waals surface area (Å²) in [7, 11) is 1.62. The molecule has 82 valence electrons. The van der Waals surface area contributed by atoms with Crippen LogP contribution >= 0.6 is 0 Å². The molecule has 3 N–H and O–H groups in total. The summed E-state index contributed by atoms with van der Waals surface area (Å²) in [5.74, 6) is 0.984. The molecular formula is C11H16N2O2. The summed E-state index contributed by atoms with van der Waals surface area (Å²) in [5.41, 5.74) is 8.63. The Labute approximate surface area is 89.4 Å². The van der Waals surface area contributed by atoms with Crippen LogP contribution in [0.15, 0.2) is 17.3 Å². The van der Waals surface area contributed by atoms with Gasteiger partial charge in [0, 0.05) is 12.0 Å². The van der Waals surface area contributed by atoms with Crippen LogP contribution < -0.4 is 10.5 Å². The maximum atomic E-state index is 8.51. The van der Waals surface area contributed by atoms with Gasteiger partial charge in [0.15, 0.2) is 0 Å². The molecule has 0 unspecified atom stereocenters. The molecule has 0 radical (unpaired) electrons. The first-order valence-corrected chi connectivity index (χ1v) is 4.69. The van der Waals surface area contributed by atoms with Gasteiger partial charge in [-0.3, -0.25) is 0 Å². The zero-order chi connectivity index (χ0) is 11.4. The topological polar surface area (TPSA) is 67.8 Å². The van der Waals surface area contributed by atoms with E-state index in [9.17, 15) is 0 Å². The van der Waals surface area contributed by atoms with Gasteiger partial charge in [-0.2, -0.15) is 0 Å². The second kappa shape index (κ2) is 4.68. The summed E-state index contributed by atoms with van der Waals surface area (Å²) in [6, 6.07) is 3.93. The number of hydrogen-bond acceptors (Lipinski definition) is 3. The standard InChI is InChI=1S/C11H16N2O2/c1-7-4-5-9(6-10(12)13-14)11(15-3)8(7)2/h4-5,14H,6H2,1-3H3,(H2,12,13). The van der Waals surface area contributed by atoms with E-state index < -0.39 is 0 Å². The van der Waals surface area contributed by atoms with Gasteiger partial charge in [-0.25, -0.2) is 0 Å². The lowest BCUT2D eigenvalue weighted by Crippen LogP contribution is -2.15. The number of oxime groups is 1. The molecular weight excluding hydrogens is 192 g/mol. The van der Waals surface area contributed by atoms with E-state index in [1.54, 1.807) is 7.11 Å². The zero-order valence-corrected chi connectivity index (χ0v) is 9.24. The number of amidine groups is 1. The normalized spacial score (nSPS) is 11.5. The van der Waals surface area contributed by atoms with E-state index in [1.807, 2.05) is 26.0 Å². The predicted molar refractivity (Wildman–Crippen MR) is 59.6 cm³/mol. The predicted octanol–water partition coefficient (Wildman–Crippen LogP) is 1.60.